The number of rotatable bonds is 8. The maximum atomic E-state index is 11.7. The maximum Gasteiger partial charge on any atom is 0.308 e. The van der Waals surface area contributed by atoms with E-state index in [9.17, 15) is 9.59 Å². The molecule has 2 N–H and O–H groups in total. The van der Waals surface area contributed by atoms with Crippen molar-refractivity contribution in [2.75, 3.05) is 13.2 Å². The number of benzene rings is 1. The molecule has 1 aromatic carbocycles. The van der Waals surface area contributed by atoms with Gasteiger partial charge < -0.3 is 15.2 Å². The second-order valence-corrected chi connectivity index (χ2v) is 5.24. The summed E-state index contributed by atoms with van der Waals surface area (Å²) in [6.07, 6.45) is 1.32. The second kappa shape index (κ2) is 8.29. The standard InChI is InChI=1S/C16H23NO4/c1-4-5-13(16(19)20)9-17-15(18)10-21-14-7-11(2)6-12(3)8-14/h6-8,13H,4-5,9-10H2,1-3H3,(H,17,18)(H,19,20). The number of hydrogen-bond acceptors (Lipinski definition) is 3. The summed E-state index contributed by atoms with van der Waals surface area (Å²) in [5, 5.41) is 11.6. The lowest BCUT2D eigenvalue weighted by Crippen LogP contribution is -2.35. The van der Waals surface area contributed by atoms with Crippen molar-refractivity contribution < 1.29 is 19.4 Å². The van der Waals surface area contributed by atoms with E-state index in [4.69, 9.17) is 9.84 Å². The molecule has 5 heteroatoms. The van der Waals surface area contributed by atoms with Gasteiger partial charge in [-0.05, 0) is 43.5 Å². The fourth-order valence-corrected chi connectivity index (χ4v) is 2.11. The zero-order valence-corrected chi connectivity index (χ0v) is 12.8. The van der Waals surface area contributed by atoms with E-state index in [2.05, 4.69) is 5.32 Å². The SMILES string of the molecule is CCCC(CNC(=O)COc1cc(C)cc(C)c1)C(=O)O. The maximum absolute atomic E-state index is 11.7. The number of aryl methyl sites for hydroxylation is 2. The van der Waals surface area contributed by atoms with E-state index in [0.717, 1.165) is 17.5 Å². The minimum Gasteiger partial charge on any atom is -0.484 e. The monoisotopic (exact) mass is 293 g/mol. The molecule has 0 aliphatic heterocycles. The molecule has 116 valence electrons. The molecule has 0 spiro atoms. The molecule has 0 aliphatic rings. The Balaban J connectivity index is 2.41. The molecule has 5 nitrogen and oxygen atoms in total. The van der Waals surface area contributed by atoms with Crippen molar-refractivity contribution >= 4 is 11.9 Å². The van der Waals surface area contributed by atoms with E-state index < -0.39 is 11.9 Å². The summed E-state index contributed by atoms with van der Waals surface area (Å²) < 4.78 is 5.42. The Labute approximate surface area is 125 Å². The van der Waals surface area contributed by atoms with E-state index in [1.807, 2.05) is 39.0 Å². The predicted octanol–water partition coefficient (Wildman–Crippen LogP) is 2.30. The molecule has 0 saturated heterocycles. The average molecular weight is 293 g/mol. The van der Waals surface area contributed by atoms with E-state index in [1.165, 1.54) is 0 Å². The first kappa shape index (κ1) is 17.0. The van der Waals surface area contributed by atoms with E-state index in [0.29, 0.717) is 12.2 Å². The summed E-state index contributed by atoms with van der Waals surface area (Å²) in [5.41, 5.74) is 2.14. The van der Waals surface area contributed by atoms with Crippen LogP contribution in [0.4, 0.5) is 0 Å². The number of carbonyl (C=O) groups is 2. The van der Waals surface area contributed by atoms with Crippen LogP contribution in [0.1, 0.15) is 30.9 Å². The van der Waals surface area contributed by atoms with E-state index >= 15 is 0 Å². The number of amides is 1. The highest BCUT2D eigenvalue weighted by Gasteiger charge is 2.17. The highest BCUT2D eigenvalue weighted by atomic mass is 16.5. The molecule has 1 rings (SSSR count). The lowest BCUT2D eigenvalue weighted by atomic mass is 10.0. The Kier molecular flexibility index (Phi) is 6.72. The van der Waals surface area contributed by atoms with Crippen molar-refractivity contribution in [3.63, 3.8) is 0 Å². The summed E-state index contributed by atoms with van der Waals surface area (Å²) in [6.45, 7) is 5.87. The van der Waals surface area contributed by atoms with Crippen LogP contribution < -0.4 is 10.1 Å². The fourth-order valence-electron chi connectivity index (χ4n) is 2.11. The Morgan fingerprint density at radius 1 is 1.24 bits per heavy atom. The van der Waals surface area contributed by atoms with Crippen LogP contribution in [-0.2, 0) is 9.59 Å². The van der Waals surface area contributed by atoms with Crippen molar-refractivity contribution in [1.29, 1.82) is 0 Å². The number of aliphatic carboxylic acids is 1. The quantitative estimate of drug-likeness (QED) is 0.771. The molecule has 0 fully saturated rings. The van der Waals surface area contributed by atoms with Gasteiger partial charge in [0.05, 0.1) is 5.92 Å². The van der Waals surface area contributed by atoms with Gasteiger partial charge in [0.2, 0.25) is 0 Å². The summed E-state index contributed by atoms with van der Waals surface area (Å²) in [5.74, 6) is -1.09. The first-order valence-electron chi connectivity index (χ1n) is 7.13. The van der Waals surface area contributed by atoms with Gasteiger partial charge in [0.1, 0.15) is 5.75 Å². The molecule has 21 heavy (non-hydrogen) atoms. The largest absolute Gasteiger partial charge is 0.484 e. The minimum absolute atomic E-state index is 0.110. The first-order chi connectivity index (χ1) is 9.92. The van der Waals surface area contributed by atoms with Gasteiger partial charge in [0, 0.05) is 6.54 Å². The van der Waals surface area contributed by atoms with Crippen LogP contribution >= 0.6 is 0 Å². The van der Waals surface area contributed by atoms with Crippen LogP contribution in [0.3, 0.4) is 0 Å². The van der Waals surface area contributed by atoms with Crippen molar-refractivity contribution in [2.45, 2.75) is 33.6 Å². The number of carbonyl (C=O) groups excluding carboxylic acids is 1. The molecule has 1 aromatic rings. The number of carboxylic acid groups (broad SMARTS) is 1. The normalized spacial score (nSPS) is 11.8. The molecule has 0 aromatic heterocycles. The number of carboxylic acids is 1. The van der Waals surface area contributed by atoms with Gasteiger partial charge in [-0.3, -0.25) is 9.59 Å². The van der Waals surface area contributed by atoms with Gasteiger partial charge >= 0.3 is 5.97 Å². The lowest BCUT2D eigenvalue weighted by Gasteiger charge is -2.13. The molecule has 0 saturated carbocycles. The predicted molar refractivity (Wildman–Crippen MR) is 80.5 cm³/mol. The van der Waals surface area contributed by atoms with Gasteiger partial charge in [-0.1, -0.05) is 19.4 Å². The molecular formula is C16H23NO4. The molecule has 1 amide bonds. The van der Waals surface area contributed by atoms with E-state index in [-0.39, 0.29) is 19.1 Å². The zero-order chi connectivity index (χ0) is 15.8. The summed E-state index contributed by atoms with van der Waals surface area (Å²) in [6, 6.07) is 5.74. The fraction of sp³-hybridized carbons (Fsp3) is 0.500. The van der Waals surface area contributed by atoms with Gasteiger partial charge in [-0.25, -0.2) is 0 Å². The summed E-state index contributed by atoms with van der Waals surface area (Å²) in [4.78, 5) is 22.7. The van der Waals surface area contributed by atoms with E-state index in [1.54, 1.807) is 0 Å². The average Bonchev–Trinajstić information content (AvgIpc) is 2.39. The van der Waals surface area contributed by atoms with Crippen LogP contribution in [0, 0.1) is 19.8 Å². The third-order valence-corrected chi connectivity index (χ3v) is 3.10. The van der Waals surface area contributed by atoms with Crippen LogP contribution in [0.5, 0.6) is 5.75 Å². The highest BCUT2D eigenvalue weighted by Crippen LogP contribution is 2.15. The molecule has 1 atom stereocenters. The van der Waals surface area contributed by atoms with Gasteiger partial charge in [-0.2, -0.15) is 0 Å². The summed E-state index contributed by atoms with van der Waals surface area (Å²) in [7, 11) is 0. The number of hydrogen-bond donors (Lipinski definition) is 2. The molecule has 0 heterocycles. The smallest absolute Gasteiger partial charge is 0.308 e. The Morgan fingerprint density at radius 2 is 1.86 bits per heavy atom. The number of ether oxygens (including phenoxy) is 1. The second-order valence-electron chi connectivity index (χ2n) is 5.24. The Bertz CT molecular complexity index is 479. The van der Waals surface area contributed by atoms with Crippen molar-refractivity contribution in [3.05, 3.63) is 29.3 Å². The van der Waals surface area contributed by atoms with Crippen LogP contribution in [0.2, 0.25) is 0 Å². The molecule has 0 bridgehead atoms. The van der Waals surface area contributed by atoms with Crippen LogP contribution in [0.25, 0.3) is 0 Å². The third-order valence-electron chi connectivity index (χ3n) is 3.10. The zero-order valence-electron chi connectivity index (χ0n) is 12.8. The number of nitrogens with one attached hydrogen (secondary N) is 1. The van der Waals surface area contributed by atoms with Crippen molar-refractivity contribution in [2.24, 2.45) is 5.92 Å². The Hall–Kier alpha value is -2.04. The van der Waals surface area contributed by atoms with Crippen LogP contribution in [0.15, 0.2) is 18.2 Å². The lowest BCUT2D eigenvalue weighted by molar-refractivity contribution is -0.142. The molecule has 0 radical (unpaired) electrons. The van der Waals surface area contributed by atoms with Gasteiger partial charge in [-0.15, -0.1) is 0 Å². The minimum atomic E-state index is -0.882. The first-order valence-corrected chi connectivity index (χ1v) is 7.13. The highest BCUT2D eigenvalue weighted by molar-refractivity contribution is 5.78. The van der Waals surface area contributed by atoms with Gasteiger partial charge in [0.25, 0.3) is 5.91 Å². The van der Waals surface area contributed by atoms with Crippen molar-refractivity contribution in [1.82, 2.24) is 5.32 Å². The Morgan fingerprint density at radius 3 is 2.38 bits per heavy atom. The third kappa shape index (κ3) is 6.29. The van der Waals surface area contributed by atoms with Crippen molar-refractivity contribution in [3.8, 4) is 5.75 Å². The molecule has 0 aliphatic carbocycles. The van der Waals surface area contributed by atoms with Crippen LogP contribution in [-0.4, -0.2) is 30.1 Å². The summed E-state index contributed by atoms with van der Waals surface area (Å²) >= 11 is 0. The van der Waals surface area contributed by atoms with Gasteiger partial charge in [0.15, 0.2) is 6.61 Å². The topological polar surface area (TPSA) is 75.6 Å². The molecule has 1 unspecified atom stereocenters. The molecular weight excluding hydrogens is 270 g/mol.